The Hall–Kier alpha value is -1.95. The first-order valence-corrected chi connectivity index (χ1v) is 9.12. The molecule has 5 nitrogen and oxygen atoms in total. The molecule has 0 amide bonds. The van der Waals surface area contributed by atoms with Gasteiger partial charge >= 0.3 is 0 Å². The molecule has 1 aliphatic rings. The van der Waals surface area contributed by atoms with Crippen molar-refractivity contribution in [3.05, 3.63) is 53.1 Å². The summed E-state index contributed by atoms with van der Waals surface area (Å²) in [4.78, 5) is 4.55. The van der Waals surface area contributed by atoms with Crippen LogP contribution in [0, 0.1) is 0 Å². The summed E-state index contributed by atoms with van der Waals surface area (Å²) in [5.41, 5.74) is 1.82. The molecule has 26 heavy (non-hydrogen) atoms. The molecule has 1 atom stereocenters. The van der Waals surface area contributed by atoms with Crippen LogP contribution in [-0.4, -0.2) is 56.9 Å². The summed E-state index contributed by atoms with van der Waals surface area (Å²) in [7, 11) is 3.23. The number of aliphatic hydroxyl groups is 1. The maximum Gasteiger partial charge on any atom is 0.124 e. The van der Waals surface area contributed by atoms with E-state index in [0.29, 0.717) is 18.0 Å². The Morgan fingerprint density at radius 3 is 2.42 bits per heavy atom. The lowest BCUT2D eigenvalue weighted by Gasteiger charge is -2.37. The summed E-state index contributed by atoms with van der Waals surface area (Å²) < 4.78 is 10.7. The number of hydrogen-bond donors (Lipinski definition) is 1. The van der Waals surface area contributed by atoms with Crippen molar-refractivity contribution >= 4 is 17.3 Å². The molecule has 2 aromatic carbocycles. The van der Waals surface area contributed by atoms with E-state index in [1.165, 1.54) is 0 Å². The van der Waals surface area contributed by atoms with Gasteiger partial charge in [-0.15, -0.1) is 0 Å². The first-order valence-electron chi connectivity index (χ1n) is 8.74. The molecule has 2 aromatic rings. The molecule has 1 fully saturated rings. The smallest absolute Gasteiger partial charge is 0.124 e. The van der Waals surface area contributed by atoms with Gasteiger partial charge in [0, 0.05) is 38.3 Å². The van der Waals surface area contributed by atoms with E-state index in [1.807, 2.05) is 42.5 Å². The largest absolute Gasteiger partial charge is 0.497 e. The van der Waals surface area contributed by atoms with E-state index in [0.717, 1.165) is 42.5 Å². The van der Waals surface area contributed by atoms with Gasteiger partial charge in [-0.05, 0) is 30.3 Å². The summed E-state index contributed by atoms with van der Waals surface area (Å²) in [6, 6.07) is 13.4. The maximum atomic E-state index is 10.7. The maximum absolute atomic E-state index is 10.7. The molecule has 6 heteroatoms. The molecule has 1 aliphatic heterocycles. The highest BCUT2D eigenvalue weighted by atomic mass is 35.5. The molecular weight excluding hydrogens is 352 g/mol. The van der Waals surface area contributed by atoms with Gasteiger partial charge in [-0.3, -0.25) is 4.90 Å². The Bertz CT molecular complexity index is 733. The lowest BCUT2D eigenvalue weighted by atomic mass is 10.1. The normalized spacial score (nSPS) is 16.4. The zero-order chi connectivity index (χ0) is 18.5. The fraction of sp³-hybridized carbons (Fsp3) is 0.400. The predicted octanol–water partition coefficient (Wildman–Crippen LogP) is 3.21. The van der Waals surface area contributed by atoms with Crippen molar-refractivity contribution < 1.29 is 14.6 Å². The van der Waals surface area contributed by atoms with E-state index < -0.39 is 6.10 Å². The van der Waals surface area contributed by atoms with Gasteiger partial charge in [0.2, 0.25) is 0 Å². The van der Waals surface area contributed by atoms with Crippen LogP contribution in [0.15, 0.2) is 42.5 Å². The number of ether oxygens (including phenoxy) is 2. The SMILES string of the molecule is COc1ccc(OC)c([C@H](O)CN2CCN(c3ccccc3Cl)CC2)c1. The van der Waals surface area contributed by atoms with Gasteiger partial charge < -0.3 is 19.5 Å². The van der Waals surface area contributed by atoms with Crippen LogP contribution in [0.2, 0.25) is 5.02 Å². The summed E-state index contributed by atoms with van der Waals surface area (Å²) in [6.45, 7) is 4.06. The van der Waals surface area contributed by atoms with Gasteiger partial charge in [0.05, 0.1) is 31.0 Å². The number of rotatable bonds is 6. The van der Waals surface area contributed by atoms with Crippen molar-refractivity contribution in [2.24, 2.45) is 0 Å². The fourth-order valence-corrected chi connectivity index (χ4v) is 3.58. The Kier molecular flexibility index (Phi) is 6.25. The molecule has 0 radical (unpaired) electrons. The first-order chi connectivity index (χ1) is 12.6. The zero-order valence-corrected chi connectivity index (χ0v) is 15.9. The molecule has 1 heterocycles. The molecule has 140 valence electrons. The van der Waals surface area contributed by atoms with Crippen molar-refractivity contribution in [3.8, 4) is 11.5 Å². The average molecular weight is 377 g/mol. The van der Waals surface area contributed by atoms with Crippen molar-refractivity contribution in [2.45, 2.75) is 6.10 Å². The second-order valence-corrected chi connectivity index (χ2v) is 6.77. The lowest BCUT2D eigenvalue weighted by Crippen LogP contribution is -2.47. The average Bonchev–Trinajstić information content (AvgIpc) is 2.68. The third-order valence-electron chi connectivity index (χ3n) is 4.79. The molecule has 0 bridgehead atoms. The molecule has 1 N–H and O–H groups in total. The summed E-state index contributed by atoms with van der Waals surface area (Å²) >= 11 is 6.30. The topological polar surface area (TPSA) is 45.2 Å². The van der Waals surface area contributed by atoms with Crippen molar-refractivity contribution in [1.29, 1.82) is 0 Å². The Morgan fingerprint density at radius 2 is 1.77 bits per heavy atom. The fourth-order valence-electron chi connectivity index (χ4n) is 3.32. The zero-order valence-electron chi connectivity index (χ0n) is 15.2. The number of benzene rings is 2. The van der Waals surface area contributed by atoms with Crippen molar-refractivity contribution in [2.75, 3.05) is 51.8 Å². The minimum atomic E-state index is -0.632. The molecular formula is C20H25ClN2O3. The summed E-state index contributed by atoms with van der Waals surface area (Å²) in [5, 5.41) is 11.5. The van der Waals surface area contributed by atoms with Crippen molar-refractivity contribution in [1.82, 2.24) is 4.90 Å². The summed E-state index contributed by atoms with van der Waals surface area (Å²) in [5.74, 6) is 1.39. The van der Waals surface area contributed by atoms with Crippen LogP contribution in [0.25, 0.3) is 0 Å². The Labute approximate surface area is 159 Å². The van der Waals surface area contributed by atoms with Gasteiger partial charge in [-0.1, -0.05) is 23.7 Å². The van der Waals surface area contributed by atoms with Crippen LogP contribution < -0.4 is 14.4 Å². The van der Waals surface area contributed by atoms with E-state index in [4.69, 9.17) is 21.1 Å². The monoisotopic (exact) mass is 376 g/mol. The minimum Gasteiger partial charge on any atom is -0.497 e. The third-order valence-corrected chi connectivity index (χ3v) is 5.11. The number of piperazine rings is 1. The van der Waals surface area contributed by atoms with E-state index in [2.05, 4.69) is 9.80 Å². The van der Waals surface area contributed by atoms with E-state index in [-0.39, 0.29) is 0 Å². The molecule has 0 saturated carbocycles. The first kappa shape index (κ1) is 18.8. The number of β-amino-alcohol motifs (C(OH)–C–C–N with tert-alkyl or cyclic N) is 1. The molecule has 0 spiro atoms. The number of halogens is 1. The highest BCUT2D eigenvalue weighted by Crippen LogP contribution is 2.31. The Balaban J connectivity index is 1.62. The van der Waals surface area contributed by atoms with Crippen LogP contribution >= 0.6 is 11.6 Å². The van der Waals surface area contributed by atoms with Gasteiger partial charge in [-0.25, -0.2) is 0 Å². The van der Waals surface area contributed by atoms with Gasteiger partial charge in [-0.2, -0.15) is 0 Å². The van der Waals surface area contributed by atoms with Crippen LogP contribution in [0.4, 0.5) is 5.69 Å². The molecule has 1 saturated heterocycles. The quantitative estimate of drug-likeness (QED) is 0.838. The standard InChI is InChI=1S/C20H25ClN2O3/c1-25-15-7-8-20(26-2)16(13-15)19(24)14-22-9-11-23(12-10-22)18-6-4-3-5-17(18)21/h3-8,13,19,24H,9-12,14H2,1-2H3/t19-/m1/s1. The van der Waals surface area contributed by atoms with Gasteiger partial charge in [0.15, 0.2) is 0 Å². The second-order valence-electron chi connectivity index (χ2n) is 6.36. The predicted molar refractivity (Wildman–Crippen MR) is 105 cm³/mol. The highest BCUT2D eigenvalue weighted by Gasteiger charge is 2.23. The number of hydrogen-bond acceptors (Lipinski definition) is 5. The Morgan fingerprint density at radius 1 is 1.04 bits per heavy atom. The molecule has 0 aromatic heterocycles. The number of para-hydroxylation sites is 1. The molecule has 3 rings (SSSR count). The van der Waals surface area contributed by atoms with Crippen molar-refractivity contribution in [3.63, 3.8) is 0 Å². The second kappa shape index (κ2) is 8.62. The van der Waals surface area contributed by atoms with E-state index >= 15 is 0 Å². The van der Waals surface area contributed by atoms with Crippen LogP contribution in [-0.2, 0) is 0 Å². The number of aliphatic hydroxyl groups excluding tert-OH is 1. The van der Waals surface area contributed by atoms with Gasteiger partial charge in [0.25, 0.3) is 0 Å². The highest BCUT2D eigenvalue weighted by molar-refractivity contribution is 6.33. The van der Waals surface area contributed by atoms with Gasteiger partial charge in [0.1, 0.15) is 11.5 Å². The summed E-state index contributed by atoms with van der Waals surface area (Å²) in [6.07, 6.45) is -0.632. The van der Waals surface area contributed by atoms with E-state index in [9.17, 15) is 5.11 Å². The number of anilines is 1. The molecule has 0 aliphatic carbocycles. The van der Waals surface area contributed by atoms with E-state index in [1.54, 1.807) is 14.2 Å². The minimum absolute atomic E-state index is 0.555. The number of nitrogens with zero attached hydrogens (tertiary/aromatic N) is 2. The number of methoxy groups -OCH3 is 2. The van der Waals surface area contributed by atoms with Crippen LogP contribution in [0.5, 0.6) is 11.5 Å². The third kappa shape index (κ3) is 4.23. The molecule has 0 unspecified atom stereocenters. The van der Waals surface area contributed by atoms with Crippen LogP contribution in [0.1, 0.15) is 11.7 Å². The lowest BCUT2D eigenvalue weighted by molar-refractivity contribution is 0.107. The van der Waals surface area contributed by atoms with Crippen LogP contribution in [0.3, 0.4) is 0 Å².